The lowest BCUT2D eigenvalue weighted by atomic mass is 9.97. The second kappa shape index (κ2) is 11.5. The maximum Gasteiger partial charge on any atom is 0.278 e. The van der Waals surface area contributed by atoms with Gasteiger partial charge >= 0.3 is 0 Å². The number of carbonyl (C=O) groups is 1. The van der Waals surface area contributed by atoms with E-state index in [9.17, 15) is 26.8 Å². The van der Waals surface area contributed by atoms with Crippen molar-refractivity contribution in [2.75, 3.05) is 24.7 Å². The van der Waals surface area contributed by atoms with E-state index in [0.717, 1.165) is 10.6 Å². The second-order valence-corrected chi connectivity index (χ2v) is 12.8. The monoisotopic (exact) mass is 643 g/mol. The molecule has 10 nitrogen and oxygen atoms in total. The number of hydrogen-bond donors (Lipinski definition) is 1. The Morgan fingerprint density at radius 3 is 2.20 bits per heavy atom. The Hall–Kier alpha value is -5.43. The molecule has 0 saturated heterocycles. The average Bonchev–Trinajstić information content (AvgIpc) is 3.42. The van der Waals surface area contributed by atoms with Crippen LogP contribution >= 0.6 is 0 Å². The lowest BCUT2D eigenvalue weighted by molar-refractivity contribution is 0.0964. The van der Waals surface area contributed by atoms with Crippen LogP contribution in [0.2, 0.25) is 0 Å². The van der Waals surface area contributed by atoms with Crippen molar-refractivity contribution >= 4 is 43.5 Å². The molecule has 0 fully saturated rings. The molecule has 46 heavy (non-hydrogen) atoms. The van der Waals surface area contributed by atoms with Crippen LogP contribution in [-0.2, 0) is 10.0 Å². The van der Waals surface area contributed by atoms with Gasteiger partial charge in [0.05, 0.1) is 28.9 Å². The molecule has 0 radical (unpaired) electrons. The standard InChI is InChI=1S/C33H27F2N5O5S/c1-18(19-5-10-22(34)11-6-19)40-33(42)25-15-21(9-14-27(25)37-38-40)24-16-26-29(17-28(24)39(3)46(4,43)44)45-31(30(26)32(41)36-2)20-7-12-23(35)13-8-20/h5-18H,1-4H3,(H,36,41)/t18-/m0/s1. The Morgan fingerprint density at radius 2 is 1.57 bits per heavy atom. The van der Waals surface area contributed by atoms with E-state index in [1.165, 1.54) is 61.2 Å². The minimum atomic E-state index is -3.78. The molecular weight excluding hydrogens is 616 g/mol. The Labute approximate surface area is 261 Å². The zero-order valence-corrected chi connectivity index (χ0v) is 25.9. The molecule has 6 aromatic rings. The van der Waals surface area contributed by atoms with Gasteiger partial charge in [0.2, 0.25) is 10.0 Å². The third-order valence-corrected chi connectivity index (χ3v) is 9.11. The molecule has 1 N–H and O–H groups in total. The highest BCUT2D eigenvalue weighted by atomic mass is 32.2. The molecule has 0 bridgehead atoms. The van der Waals surface area contributed by atoms with Crippen LogP contribution in [0, 0.1) is 11.6 Å². The average molecular weight is 644 g/mol. The lowest BCUT2D eigenvalue weighted by Gasteiger charge is -2.21. The minimum absolute atomic E-state index is 0.168. The summed E-state index contributed by atoms with van der Waals surface area (Å²) in [6.45, 7) is 1.74. The third-order valence-electron chi connectivity index (χ3n) is 7.92. The molecule has 6 rings (SSSR count). The molecule has 0 aliphatic rings. The molecule has 0 unspecified atom stereocenters. The van der Waals surface area contributed by atoms with E-state index in [1.807, 2.05) is 0 Å². The van der Waals surface area contributed by atoms with Crippen molar-refractivity contribution in [3.63, 3.8) is 0 Å². The van der Waals surface area contributed by atoms with Gasteiger partial charge in [-0.3, -0.25) is 13.9 Å². The minimum Gasteiger partial charge on any atom is -0.455 e. The van der Waals surface area contributed by atoms with Crippen LogP contribution in [-0.4, -0.2) is 49.7 Å². The number of hydrogen-bond acceptors (Lipinski definition) is 7. The van der Waals surface area contributed by atoms with E-state index in [2.05, 4.69) is 15.6 Å². The summed E-state index contributed by atoms with van der Waals surface area (Å²) in [6.07, 6.45) is 1.05. The molecule has 0 aliphatic heterocycles. The van der Waals surface area contributed by atoms with E-state index in [-0.39, 0.29) is 28.0 Å². The topological polar surface area (TPSA) is 127 Å². The van der Waals surface area contributed by atoms with Crippen molar-refractivity contribution in [3.05, 3.63) is 112 Å². The number of fused-ring (bicyclic) bond motifs is 2. The molecule has 0 spiro atoms. The predicted molar refractivity (Wildman–Crippen MR) is 171 cm³/mol. The van der Waals surface area contributed by atoms with Gasteiger partial charge in [0.25, 0.3) is 11.5 Å². The first-order valence-corrected chi connectivity index (χ1v) is 15.9. The number of nitrogens with one attached hydrogen (secondary N) is 1. The van der Waals surface area contributed by atoms with Gasteiger partial charge in [0.15, 0.2) is 0 Å². The molecular formula is C33H27F2N5O5S. The molecule has 13 heteroatoms. The van der Waals surface area contributed by atoms with E-state index in [0.29, 0.717) is 33.2 Å². The molecule has 2 heterocycles. The van der Waals surface area contributed by atoms with Gasteiger partial charge in [-0.05, 0) is 72.6 Å². The highest BCUT2D eigenvalue weighted by molar-refractivity contribution is 7.92. The largest absolute Gasteiger partial charge is 0.455 e. The predicted octanol–water partition coefficient (Wildman–Crippen LogP) is 5.51. The first-order chi connectivity index (χ1) is 21.9. The van der Waals surface area contributed by atoms with Crippen molar-refractivity contribution in [2.45, 2.75) is 13.0 Å². The first kappa shape index (κ1) is 30.6. The summed E-state index contributed by atoms with van der Waals surface area (Å²) in [6, 6.07) is 18.6. The fourth-order valence-electron chi connectivity index (χ4n) is 5.32. The number of amides is 1. The van der Waals surface area contributed by atoms with E-state index in [1.54, 1.807) is 43.3 Å². The Balaban J connectivity index is 1.60. The summed E-state index contributed by atoms with van der Waals surface area (Å²) >= 11 is 0. The molecule has 234 valence electrons. The van der Waals surface area contributed by atoms with Gasteiger partial charge in [0, 0.05) is 36.7 Å². The number of aromatic nitrogens is 3. The number of halogens is 2. The number of rotatable bonds is 7. The van der Waals surface area contributed by atoms with Gasteiger partial charge in [-0.1, -0.05) is 23.4 Å². The van der Waals surface area contributed by atoms with Crippen molar-refractivity contribution in [3.8, 4) is 22.5 Å². The van der Waals surface area contributed by atoms with Crippen LogP contribution in [0.25, 0.3) is 44.3 Å². The first-order valence-electron chi connectivity index (χ1n) is 14.0. The summed E-state index contributed by atoms with van der Waals surface area (Å²) in [5.41, 5.74) is 2.38. The Bertz CT molecular complexity index is 2320. The van der Waals surface area contributed by atoms with E-state index in [4.69, 9.17) is 4.42 Å². The summed E-state index contributed by atoms with van der Waals surface area (Å²) < 4.78 is 61.2. The van der Waals surface area contributed by atoms with Crippen molar-refractivity contribution in [2.24, 2.45) is 0 Å². The SMILES string of the molecule is CNC(=O)c1c(-c2ccc(F)cc2)oc2cc(N(C)S(C)(=O)=O)c(-c3ccc4nnn([C@@H](C)c5ccc(F)cc5)c(=O)c4c3)cc12. The van der Waals surface area contributed by atoms with Crippen LogP contribution in [0.1, 0.15) is 28.9 Å². The number of sulfonamides is 1. The Morgan fingerprint density at radius 1 is 0.935 bits per heavy atom. The van der Waals surface area contributed by atoms with Gasteiger partial charge in [-0.25, -0.2) is 21.9 Å². The summed E-state index contributed by atoms with van der Waals surface area (Å²) in [5, 5.41) is 11.5. The Kier molecular flexibility index (Phi) is 7.64. The van der Waals surface area contributed by atoms with Crippen molar-refractivity contribution < 1.29 is 26.4 Å². The summed E-state index contributed by atoms with van der Waals surface area (Å²) in [4.78, 5) is 26.9. The quantitative estimate of drug-likeness (QED) is 0.243. The number of nitrogens with zero attached hydrogens (tertiary/aromatic N) is 4. The number of anilines is 1. The maximum absolute atomic E-state index is 13.7. The normalized spacial score (nSPS) is 12.4. The molecule has 2 aromatic heterocycles. The number of benzene rings is 4. The number of carbonyl (C=O) groups excluding carboxylic acids is 1. The zero-order chi connectivity index (χ0) is 32.9. The molecule has 1 amide bonds. The van der Waals surface area contributed by atoms with E-state index < -0.39 is 39.2 Å². The van der Waals surface area contributed by atoms with Crippen molar-refractivity contribution in [1.29, 1.82) is 0 Å². The number of furan rings is 1. The van der Waals surface area contributed by atoms with Gasteiger partial charge in [-0.15, -0.1) is 5.10 Å². The highest BCUT2D eigenvalue weighted by Gasteiger charge is 2.26. The van der Waals surface area contributed by atoms with E-state index >= 15 is 0 Å². The van der Waals surface area contributed by atoms with Crippen molar-refractivity contribution in [1.82, 2.24) is 20.3 Å². The van der Waals surface area contributed by atoms with Crippen LogP contribution in [0.5, 0.6) is 0 Å². The van der Waals surface area contributed by atoms with Crippen LogP contribution in [0.3, 0.4) is 0 Å². The summed E-state index contributed by atoms with van der Waals surface area (Å²) in [7, 11) is -0.938. The third kappa shape index (κ3) is 5.38. The summed E-state index contributed by atoms with van der Waals surface area (Å²) in [5.74, 6) is -1.18. The van der Waals surface area contributed by atoms with Gasteiger partial charge in [-0.2, -0.15) is 0 Å². The lowest BCUT2D eigenvalue weighted by Crippen LogP contribution is -2.28. The van der Waals surface area contributed by atoms with Gasteiger partial charge < -0.3 is 9.73 Å². The molecule has 4 aromatic carbocycles. The molecule has 1 atom stereocenters. The molecule has 0 aliphatic carbocycles. The van der Waals surface area contributed by atoms with Gasteiger partial charge in [0.1, 0.15) is 28.5 Å². The smallest absolute Gasteiger partial charge is 0.278 e. The highest BCUT2D eigenvalue weighted by Crippen LogP contribution is 2.41. The zero-order valence-electron chi connectivity index (χ0n) is 25.1. The fourth-order valence-corrected chi connectivity index (χ4v) is 5.82. The second-order valence-electron chi connectivity index (χ2n) is 10.8. The fraction of sp³-hybridized carbons (Fsp3) is 0.152. The van der Waals surface area contributed by atoms with Crippen LogP contribution in [0.15, 0.2) is 88.1 Å². The maximum atomic E-state index is 13.7. The molecule has 0 saturated carbocycles. The van der Waals surface area contributed by atoms with Crippen LogP contribution in [0.4, 0.5) is 14.5 Å². The van der Waals surface area contributed by atoms with Crippen LogP contribution < -0.4 is 15.2 Å².